The molecule has 0 aliphatic rings. The SMILES string of the molecule is CCc1noc(CC)c1CNc1cc(C#N)ccc1C(F)(F)F. The molecule has 1 aromatic heterocycles. The summed E-state index contributed by atoms with van der Waals surface area (Å²) in [4.78, 5) is 0. The molecule has 2 aromatic rings. The summed E-state index contributed by atoms with van der Waals surface area (Å²) in [6.45, 7) is 3.95. The van der Waals surface area contributed by atoms with Crippen molar-refractivity contribution >= 4 is 5.69 Å². The fourth-order valence-electron chi connectivity index (χ4n) is 2.33. The summed E-state index contributed by atoms with van der Waals surface area (Å²) in [5.41, 5.74) is 0.730. The number of aryl methyl sites for hydroxylation is 2. The van der Waals surface area contributed by atoms with E-state index in [1.54, 1.807) is 0 Å². The zero-order valence-electron chi connectivity index (χ0n) is 12.8. The van der Waals surface area contributed by atoms with Gasteiger partial charge in [0, 0.05) is 24.2 Å². The monoisotopic (exact) mass is 323 g/mol. The van der Waals surface area contributed by atoms with Gasteiger partial charge in [0.25, 0.3) is 0 Å². The molecule has 0 fully saturated rings. The van der Waals surface area contributed by atoms with Crippen LogP contribution < -0.4 is 5.32 Å². The Balaban J connectivity index is 2.33. The summed E-state index contributed by atoms with van der Waals surface area (Å²) in [5.74, 6) is 0.652. The highest BCUT2D eigenvalue weighted by Crippen LogP contribution is 2.35. The highest BCUT2D eigenvalue weighted by Gasteiger charge is 2.33. The van der Waals surface area contributed by atoms with Crippen LogP contribution in [0, 0.1) is 11.3 Å². The van der Waals surface area contributed by atoms with Gasteiger partial charge in [0.15, 0.2) is 0 Å². The third-order valence-electron chi connectivity index (χ3n) is 3.52. The predicted octanol–water partition coefficient (Wildman–Crippen LogP) is 4.30. The molecule has 4 nitrogen and oxygen atoms in total. The predicted molar refractivity (Wildman–Crippen MR) is 78.7 cm³/mol. The van der Waals surface area contributed by atoms with Gasteiger partial charge in [0.05, 0.1) is 22.9 Å². The van der Waals surface area contributed by atoms with E-state index in [1.165, 1.54) is 6.07 Å². The van der Waals surface area contributed by atoms with E-state index in [4.69, 9.17) is 9.78 Å². The van der Waals surface area contributed by atoms with Gasteiger partial charge in [-0.05, 0) is 24.6 Å². The third-order valence-corrected chi connectivity index (χ3v) is 3.52. The van der Waals surface area contributed by atoms with Gasteiger partial charge in [0.1, 0.15) is 5.76 Å². The number of alkyl halides is 3. The minimum absolute atomic E-state index is 0.123. The topological polar surface area (TPSA) is 61.9 Å². The van der Waals surface area contributed by atoms with Crippen LogP contribution in [0.5, 0.6) is 0 Å². The molecule has 1 N–H and O–H groups in total. The molecule has 0 bridgehead atoms. The first kappa shape index (κ1) is 16.9. The zero-order valence-corrected chi connectivity index (χ0v) is 12.8. The number of nitriles is 1. The van der Waals surface area contributed by atoms with Crippen LogP contribution in [0.4, 0.5) is 18.9 Å². The number of halogens is 3. The van der Waals surface area contributed by atoms with E-state index in [-0.39, 0.29) is 17.8 Å². The quantitative estimate of drug-likeness (QED) is 0.891. The molecule has 0 amide bonds. The fraction of sp³-hybridized carbons (Fsp3) is 0.375. The lowest BCUT2D eigenvalue weighted by Crippen LogP contribution is -2.12. The average molecular weight is 323 g/mol. The van der Waals surface area contributed by atoms with Crippen LogP contribution in [-0.4, -0.2) is 5.16 Å². The van der Waals surface area contributed by atoms with E-state index in [2.05, 4.69) is 10.5 Å². The van der Waals surface area contributed by atoms with E-state index in [0.29, 0.717) is 18.6 Å². The zero-order chi connectivity index (χ0) is 17.0. The normalized spacial score (nSPS) is 11.3. The molecular formula is C16H16F3N3O. The highest BCUT2D eigenvalue weighted by molar-refractivity contribution is 5.57. The van der Waals surface area contributed by atoms with Crippen molar-refractivity contribution in [1.29, 1.82) is 5.26 Å². The first-order valence-corrected chi connectivity index (χ1v) is 7.22. The standard InChI is InChI=1S/C16H16F3N3O/c1-3-13-11(15(4-2)23-22-13)9-21-14-7-10(8-20)5-6-12(14)16(17,18)19/h5-7,21H,3-4,9H2,1-2H3. The lowest BCUT2D eigenvalue weighted by atomic mass is 10.1. The number of benzene rings is 1. The molecule has 1 heterocycles. The smallest absolute Gasteiger partial charge is 0.380 e. The van der Waals surface area contributed by atoms with Crippen molar-refractivity contribution in [2.24, 2.45) is 0 Å². The number of hydrogen-bond donors (Lipinski definition) is 1. The maximum Gasteiger partial charge on any atom is 0.418 e. The van der Waals surface area contributed by atoms with E-state index in [1.807, 2.05) is 19.9 Å². The van der Waals surface area contributed by atoms with Gasteiger partial charge < -0.3 is 9.84 Å². The van der Waals surface area contributed by atoms with Crippen LogP contribution in [0.2, 0.25) is 0 Å². The van der Waals surface area contributed by atoms with Crippen molar-refractivity contribution in [3.8, 4) is 6.07 Å². The number of aromatic nitrogens is 1. The summed E-state index contributed by atoms with van der Waals surface area (Å²) in [5, 5.41) is 15.6. The third kappa shape index (κ3) is 3.65. The molecule has 1 aromatic carbocycles. The highest BCUT2D eigenvalue weighted by atomic mass is 19.4. The second-order valence-electron chi connectivity index (χ2n) is 4.96. The van der Waals surface area contributed by atoms with Gasteiger partial charge in [-0.25, -0.2) is 0 Å². The van der Waals surface area contributed by atoms with Gasteiger partial charge in [-0.15, -0.1) is 0 Å². The molecule has 0 atom stereocenters. The molecule has 7 heteroatoms. The van der Waals surface area contributed by atoms with Gasteiger partial charge in [-0.1, -0.05) is 19.0 Å². The van der Waals surface area contributed by atoms with Gasteiger partial charge in [-0.3, -0.25) is 0 Å². The Morgan fingerprint density at radius 1 is 1.26 bits per heavy atom. The van der Waals surface area contributed by atoms with Crippen molar-refractivity contribution < 1.29 is 17.7 Å². The van der Waals surface area contributed by atoms with E-state index in [9.17, 15) is 13.2 Å². The molecule has 0 saturated carbocycles. The molecule has 0 aliphatic heterocycles. The maximum atomic E-state index is 13.1. The molecule has 122 valence electrons. The molecule has 0 spiro atoms. The Morgan fingerprint density at radius 2 is 2.00 bits per heavy atom. The van der Waals surface area contributed by atoms with Crippen molar-refractivity contribution in [2.75, 3.05) is 5.32 Å². The molecule has 0 aliphatic carbocycles. The first-order chi connectivity index (χ1) is 10.9. The van der Waals surface area contributed by atoms with E-state index < -0.39 is 11.7 Å². The Labute approximate surface area is 131 Å². The summed E-state index contributed by atoms with van der Waals surface area (Å²) >= 11 is 0. The first-order valence-electron chi connectivity index (χ1n) is 7.22. The van der Waals surface area contributed by atoms with Crippen LogP contribution in [0.1, 0.15) is 42.0 Å². The molecule has 0 radical (unpaired) electrons. The number of rotatable bonds is 5. The minimum atomic E-state index is -4.49. The summed E-state index contributed by atoms with van der Waals surface area (Å²) in [6, 6.07) is 5.12. The summed E-state index contributed by atoms with van der Waals surface area (Å²) in [6.07, 6.45) is -3.26. The molecule has 2 rings (SSSR count). The van der Waals surface area contributed by atoms with Gasteiger partial charge >= 0.3 is 6.18 Å². The van der Waals surface area contributed by atoms with Crippen LogP contribution in [0.3, 0.4) is 0 Å². The Hall–Kier alpha value is -2.49. The summed E-state index contributed by atoms with van der Waals surface area (Å²) in [7, 11) is 0. The van der Waals surface area contributed by atoms with Crippen LogP contribution in [0.15, 0.2) is 22.7 Å². The Bertz CT molecular complexity index is 708. The Kier molecular flexibility index (Phi) is 4.94. The lowest BCUT2D eigenvalue weighted by molar-refractivity contribution is -0.137. The lowest BCUT2D eigenvalue weighted by Gasteiger charge is -2.15. The second kappa shape index (κ2) is 6.73. The molecule has 0 unspecified atom stereocenters. The number of anilines is 1. The second-order valence-corrected chi connectivity index (χ2v) is 4.96. The van der Waals surface area contributed by atoms with Crippen LogP contribution in [-0.2, 0) is 25.6 Å². The molecule has 0 saturated heterocycles. The molecular weight excluding hydrogens is 307 g/mol. The van der Waals surface area contributed by atoms with Gasteiger partial charge in [-0.2, -0.15) is 18.4 Å². The van der Waals surface area contributed by atoms with Crippen LogP contribution >= 0.6 is 0 Å². The number of nitrogens with one attached hydrogen (secondary N) is 1. The molecule has 23 heavy (non-hydrogen) atoms. The average Bonchev–Trinajstić information content (AvgIpc) is 2.93. The van der Waals surface area contributed by atoms with E-state index in [0.717, 1.165) is 23.4 Å². The maximum absolute atomic E-state index is 13.1. The van der Waals surface area contributed by atoms with Gasteiger partial charge in [0.2, 0.25) is 0 Å². The minimum Gasteiger partial charge on any atom is -0.380 e. The van der Waals surface area contributed by atoms with Crippen LogP contribution in [0.25, 0.3) is 0 Å². The van der Waals surface area contributed by atoms with Crippen molar-refractivity contribution in [3.05, 3.63) is 46.3 Å². The number of nitrogens with zero attached hydrogens (tertiary/aromatic N) is 2. The number of hydrogen-bond acceptors (Lipinski definition) is 4. The summed E-state index contributed by atoms with van der Waals surface area (Å²) < 4.78 is 44.5. The largest absolute Gasteiger partial charge is 0.418 e. The van der Waals surface area contributed by atoms with Crippen molar-refractivity contribution in [2.45, 2.75) is 39.4 Å². The fourth-order valence-corrected chi connectivity index (χ4v) is 2.33. The van der Waals surface area contributed by atoms with Crippen molar-refractivity contribution in [1.82, 2.24) is 5.16 Å². The van der Waals surface area contributed by atoms with E-state index >= 15 is 0 Å². The Morgan fingerprint density at radius 3 is 2.57 bits per heavy atom. The van der Waals surface area contributed by atoms with Crippen molar-refractivity contribution in [3.63, 3.8) is 0 Å².